The number of aliphatic hydroxyl groups is 1. The minimum atomic E-state index is -0.528. The number of rotatable bonds is 4. The van der Waals surface area contributed by atoms with E-state index in [2.05, 4.69) is 5.10 Å². The summed E-state index contributed by atoms with van der Waals surface area (Å²) in [6.45, 7) is 0. The van der Waals surface area contributed by atoms with Crippen molar-refractivity contribution in [3.05, 3.63) is 42.1 Å². The number of furan rings is 1. The average Bonchev–Trinajstić information content (AvgIpc) is 2.84. The first-order chi connectivity index (χ1) is 7.25. The molecule has 0 spiro atoms. The van der Waals surface area contributed by atoms with Crippen molar-refractivity contribution in [3.8, 4) is 0 Å². The molecule has 0 fully saturated rings. The first kappa shape index (κ1) is 9.98. The fraction of sp³-hybridized carbons (Fsp3) is 0.364. The molecule has 0 saturated heterocycles. The van der Waals surface area contributed by atoms with Crippen molar-refractivity contribution in [1.82, 2.24) is 9.78 Å². The number of aromatic nitrogens is 2. The highest BCUT2D eigenvalue weighted by molar-refractivity contribution is 5.06. The Morgan fingerprint density at radius 1 is 1.60 bits per heavy atom. The van der Waals surface area contributed by atoms with Gasteiger partial charge >= 0.3 is 0 Å². The molecule has 4 nitrogen and oxygen atoms in total. The average molecular weight is 206 g/mol. The zero-order valence-electron chi connectivity index (χ0n) is 8.63. The molecule has 0 saturated carbocycles. The van der Waals surface area contributed by atoms with Crippen LogP contribution in [0, 0.1) is 0 Å². The standard InChI is InChI=1S/C11H14N2O2/c1-13-8-9(7-12-13)4-5-10(14)11-3-2-6-15-11/h2-3,6-8,10,14H,4-5H2,1H3. The lowest BCUT2D eigenvalue weighted by molar-refractivity contribution is 0.140. The summed E-state index contributed by atoms with van der Waals surface area (Å²) in [6.07, 6.45) is 6.27. The van der Waals surface area contributed by atoms with Crippen molar-refractivity contribution >= 4 is 0 Å². The second-order valence-electron chi connectivity index (χ2n) is 3.59. The van der Waals surface area contributed by atoms with E-state index in [0.717, 1.165) is 12.0 Å². The molecule has 1 unspecified atom stereocenters. The number of aryl methyl sites for hydroxylation is 2. The Balaban J connectivity index is 1.88. The maximum atomic E-state index is 9.76. The van der Waals surface area contributed by atoms with Crippen LogP contribution in [-0.2, 0) is 13.5 Å². The van der Waals surface area contributed by atoms with E-state index in [1.165, 1.54) is 0 Å². The van der Waals surface area contributed by atoms with Gasteiger partial charge in [-0.3, -0.25) is 4.68 Å². The lowest BCUT2D eigenvalue weighted by atomic mass is 10.1. The molecule has 2 aromatic rings. The number of hydrogen-bond donors (Lipinski definition) is 1. The third-order valence-corrected chi connectivity index (χ3v) is 2.34. The maximum absolute atomic E-state index is 9.76. The van der Waals surface area contributed by atoms with Crippen LogP contribution in [0.3, 0.4) is 0 Å². The molecule has 1 atom stereocenters. The van der Waals surface area contributed by atoms with Crippen LogP contribution in [0.15, 0.2) is 35.2 Å². The Morgan fingerprint density at radius 3 is 3.07 bits per heavy atom. The van der Waals surface area contributed by atoms with Crippen LogP contribution in [0.4, 0.5) is 0 Å². The topological polar surface area (TPSA) is 51.2 Å². The molecule has 15 heavy (non-hydrogen) atoms. The molecule has 0 radical (unpaired) electrons. The van der Waals surface area contributed by atoms with Crippen molar-refractivity contribution in [2.24, 2.45) is 7.05 Å². The van der Waals surface area contributed by atoms with Gasteiger partial charge in [-0.2, -0.15) is 5.10 Å². The van der Waals surface area contributed by atoms with Gasteiger partial charge in [0.05, 0.1) is 12.5 Å². The van der Waals surface area contributed by atoms with Crippen LogP contribution < -0.4 is 0 Å². The number of hydrogen-bond acceptors (Lipinski definition) is 3. The Morgan fingerprint density at radius 2 is 2.47 bits per heavy atom. The molecule has 2 rings (SSSR count). The van der Waals surface area contributed by atoms with Crippen LogP contribution in [0.1, 0.15) is 23.8 Å². The zero-order chi connectivity index (χ0) is 10.7. The summed E-state index contributed by atoms with van der Waals surface area (Å²) in [5, 5.41) is 13.8. The molecule has 0 aliphatic heterocycles. The first-order valence-electron chi connectivity index (χ1n) is 4.94. The largest absolute Gasteiger partial charge is 0.467 e. The van der Waals surface area contributed by atoms with Gasteiger partial charge in [0.25, 0.3) is 0 Å². The molecule has 0 aliphatic carbocycles. The smallest absolute Gasteiger partial charge is 0.132 e. The van der Waals surface area contributed by atoms with E-state index in [0.29, 0.717) is 12.2 Å². The molecule has 0 aliphatic rings. The summed E-state index contributed by atoms with van der Waals surface area (Å²) in [6, 6.07) is 3.57. The van der Waals surface area contributed by atoms with E-state index < -0.39 is 6.10 Å². The second-order valence-corrected chi connectivity index (χ2v) is 3.59. The van der Waals surface area contributed by atoms with Crippen molar-refractivity contribution < 1.29 is 9.52 Å². The third-order valence-electron chi connectivity index (χ3n) is 2.34. The van der Waals surface area contributed by atoms with E-state index in [4.69, 9.17) is 4.42 Å². The normalized spacial score (nSPS) is 12.9. The van der Waals surface area contributed by atoms with Gasteiger partial charge in [-0.25, -0.2) is 0 Å². The van der Waals surface area contributed by atoms with Crippen molar-refractivity contribution in [3.63, 3.8) is 0 Å². The number of nitrogens with zero attached hydrogens (tertiary/aromatic N) is 2. The summed E-state index contributed by atoms with van der Waals surface area (Å²) in [4.78, 5) is 0. The monoisotopic (exact) mass is 206 g/mol. The van der Waals surface area contributed by atoms with Crippen molar-refractivity contribution in [1.29, 1.82) is 0 Å². The Bertz CT molecular complexity index is 406. The molecule has 2 heterocycles. The van der Waals surface area contributed by atoms with Crippen LogP contribution in [-0.4, -0.2) is 14.9 Å². The highest BCUT2D eigenvalue weighted by atomic mass is 16.4. The van der Waals surface area contributed by atoms with Gasteiger partial charge in [-0.05, 0) is 30.5 Å². The molecule has 0 amide bonds. The van der Waals surface area contributed by atoms with Gasteiger partial charge in [0.15, 0.2) is 0 Å². The molecule has 80 valence electrons. The fourth-order valence-corrected chi connectivity index (χ4v) is 1.53. The molecular weight excluding hydrogens is 192 g/mol. The highest BCUT2D eigenvalue weighted by Crippen LogP contribution is 2.18. The van der Waals surface area contributed by atoms with Crippen LogP contribution in [0.2, 0.25) is 0 Å². The fourth-order valence-electron chi connectivity index (χ4n) is 1.53. The SMILES string of the molecule is Cn1cc(CCC(O)c2ccco2)cn1. The summed E-state index contributed by atoms with van der Waals surface area (Å²) < 4.78 is 6.88. The van der Waals surface area contributed by atoms with E-state index in [-0.39, 0.29) is 0 Å². The molecule has 1 N–H and O–H groups in total. The minimum absolute atomic E-state index is 0.528. The predicted octanol–water partition coefficient (Wildman–Crippen LogP) is 1.68. The van der Waals surface area contributed by atoms with Gasteiger partial charge in [0.2, 0.25) is 0 Å². The van der Waals surface area contributed by atoms with Gasteiger partial charge < -0.3 is 9.52 Å². The second kappa shape index (κ2) is 4.31. The van der Waals surface area contributed by atoms with Gasteiger partial charge in [-0.15, -0.1) is 0 Å². The summed E-state index contributed by atoms with van der Waals surface area (Å²) in [5.74, 6) is 0.624. The molecular formula is C11H14N2O2. The molecule has 0 bridgehead atoms. The lowest BCUT2D eigenvalue weighted by Crippen LogP contribution is -1.97. The Hall–Kier alpha value is -1.55. The van der Waals surface area contributed by atoms with Crippen LogP contribution in [0.25, 0.3) is 0 Å². The van der Waals surface area contributed by atoms with E-state index >= 15 is 0 Å². The molecule has 0 aromatic carbocycles. The van der Waals surface area contributed by atoms with Crippen LogP contribution >= 0.6 is 0 Å². The van der Waals surface area contributed by atoms with Gasteiger partial charge in [-0.1, -0.05) is 0 Å². The predicted molar refractivity (Wildman–Crippen MR) is 55.2 cm³/mol. The maximum Gasteiger partial charge on any atom is 0.132 e. The molecule has 4 heteroatoms. The summed E-state index contributed by atoms with van der Waals surface area (Å²) in [7, 11) is 1.88. The lowest BCUT2D eigenvalue weighted by Gasteiger charge is -2.05. The third kappa shape index (κ3) is 2.47. The zero-order valence-corrected chi connectivity index (χ0v) is 8.63. The van der Waals surface area contributed by atoms with E-state index in [1.54, 1.807) is 23.1 Å². The van der Waals surface area contributed by atoms with Gasteiger partial charge in [0, 0.05) is 13.2 Å². The first-order valence-corrected chi connectivity index (χ1v) is 4.94. The molecule has 2 aromatic heterocycles. The highest BCUT2D eigenvalue weighted by Gasteiger charge is 2.10. The van der Waals surface area contributed by atoms with E-state index in [9.17, 15) is 5.11 Å². The van der Waals surface area contributed by atoms with Crippen molar-refractivity contribution in [2.75, 3.05) is 0 Å². The minimum Gasteiger partial charge on any atom is -0.467 e. The number of aliphatic hydroxyl groups excluding tert-OH is 1. The van der Waals surface area contributed by atoms with Crippen molar-refractivity contribution in [2.45, 2.75) is 18.9 Å². The van der Waals surface area contributed by atoms with Crippen LogP contribution in [0.5, 0.6) is 0 Å². The summed E-state index contributed by atoms with van der Waals surface area (Å²) in [5.41, 5.74) is 1.13. The quantitative estimate of drug-likeness (QED) is 0.828. The Kier molecular flexibility index (Phi) is 2.87. The van der Waals surface area contributed by atoms with E-state index in [1.807, 2.05) is 19.4 Å². The Labute approximate surface area is 88.1 Å². The van der Waals surface area contributed by atoms with Gasteiger partial charge in [0.1, 0.15) is 11.9 Å². The summed E-state index contributed by atoms with van der Waals surface area (Å²) >= 11 is 0.